The monoisotopic (exact) mass is 275 g/mol. The van der Waals surface area contributed by atoms with Crippen molar-refractivity contribution in [2.24, 2.45) is 0 Å². The number of benzene rings is 1. The van der Waals surface area contributed by atoms with E-state index in [4.69, 9.17) is 15.4 Å². The van der Waals surface area contributed by atoms with Crippen LogP contribution in [0.1, 0.15) is 12.5 Å². The zero-order valence-electron chi connectivity index (χ0n) is 9.15. The van der Waals surface area contributed by atoms with Gasteiger partial charge in [-0.3, -0.25) is 4.79 Å². The Kier molecular flexibility index (Phi) is 2.79. The minimum Gasteiger partial charge on any atom is -0.479 e. The van der Waals surface area contributed by atoms with Crippen LogP contribution in [-0.2, 0) is 13.8 Å². The molecule has 7 heteroatoms. The van der Waals surface area contributed by atoms with Crippen molar-refractivity contribution in [3.05, 3.63) is 17.7 Å². The van der Waals surface area contributed by atoms with Crippen LogP contribution in [-0.4, -0.2) is 20.4 Å². The molecule has 0 bridgehead atoms. The first-order valence-corrected chi connectivity index (χ1v) is 7.17. The van der Waals surface area contributed by atoms with Crippen molar-refractivity contribution in [3.63, 3.8) is 0 Å². The van der Waals surface area contributed by atoms with Gasteiger partial charge in [-0.1, -0.05) is 0 Å². The fraction of sp³-hybridized carbons (Fsp3) is 0.300. The van der Waals surface area contributed by atoms with Crippen molar-refractivity contribution in [2.75, 3.05) is 5.32 Å². The molecule has 1 aromatic rings. The molecule has 0 saturated carbocycles. The van der Waals surface area contributed by atoms with Gasteiger partial charge in [0, 0.05) is 16.7 Å². The van der Waals surface area contributed by atoms with Gasteiger partial charge in [0.1, 0.15) is 5.75 Å². The van der Waals surface area contributed by atoms with E-state index in [0.29, 0.717) is 17.0 Å². The van der Waals surface area contributed by atoms with Crippen molar-refractivity contribution in [3.8, 4) is 5.75 Å². The van der Waals surface area contributed by atoms with E-state index in [9.17, 15) is 13.2 Å². The molecule has 2 rings (SSSR count). The lowest BCUT2D eigenvalue weighted by Crippen LogP contribution is -2.34. The van der Waals surface area contributed by atoms with Crippen molar-refractivity contribution >= 4 is 31.3 Å². The van der Waals surface area contributed by atoms with Crippen LogP contribution in [0.3, 0.4) is 0 Å². The summed E-state index contributed by atoms with van der Waals surface area (Å²) in [7, 11) is 1.48. The molecule has 1 atom stereocenters. The third kappa shape index (κ3) is 2.23. The first-order chi connectivity index (χ1) is 7.79. The van der Waals surface area contributed by atoms with Crippen LogP contribution in [0, 0.1) is 6.92 Å². The largest absolute Gasteiger partial charge is 0.479 e. The standard InChI is InChI=1S/C10H10ClNO4S/c1-5-3-7-8(4-9(5)17(11,14)15)16-6(2)10(13)12-7/h3-4,6H,1-2H3,(H,12,13). The third-order valence-corrected chi connectivity index (χ3v) is 3.93. The van der Waals surface area contributed by atoms with Crippen LogP contribution in [0.25, 0.3) is 0 Å². The smallest absolute Gasteiger partial charge is 0.265 e. The fourth-order valence-electron chi connectivity index (χ4n) is 1.61. The van der Waals surface area contributed by atoms with Gasteiger partial charge in [0.25, 0.3) is 15.0 Å². The molecule has 1 aromatic carbocycles. The zero-order chi connectivity index (χ0) is 12.8. The Morgan fingerprint density at radius 1 is 1.41 bits per heavy atom. The van der Waals surface area contributed by atoms with Gasteiger partial charge in [-0.25, -0.2) is 8.42 Å². The van der Waals surface area contributed by atoms with Crippen LogP contribution in [0.2, 0.25) is 0 Å². The Hall–Kier alpha value is -1.27. The molecule has 17 heavy (non-hydrogen) atoms. The Labute approximate surface area is 103 Å². The number of anilines is 1. The van der Waals surface area contributed by atoms with E-state index in [1.165, 1.54) is 12.1 Å². The second-order valence-corrected chi connectivity index (χ2v) is 6.34. The average Bonchev–Trinajstić information content (AvgIpc) is 2.18. The van der Waals surface area contributed by atoms with Gasteiger partial charge in [0.2, 0.25) is 0 Å². The number of carbonyl (C=O) groups is 1. The lowest BCUT2D eigenvalue weighted by Gasteiger charge is -2.24. The molecule has 1 amide bonds. The van der Waals surface area contributed by atoms with E-state index >= 15 is 0 Å². The van der Waals surface area contributed by atoms with Gasteiger partial charge < -0.3 is 10.1 Å². The minimum absolute atomic E-state index is 0.0127. The van der Waals surface area contributed by atoms with Crippen LogP contribution < -0.4 is 10.1 Å². The predicted octanol–water partition coefficient (Wildman–Crippen LogP) is 1.64. The van der Waals surface area contributed by atoms with Gasteiger partial charge in [-0.05, 0) is 25.5 Å². The normalized spacial score (nSPS) is 19.2. The first kappa shape index (κ1) is 12.2. The van der Waals surface area contributed by atoms with Gasteiger partial charge in [-0.15, -0.1) is 0 Å². The van der Waals surface area contributed by atoms with E-state index in [0.717, 1.165) is 0 Å². The molecule has 0 spiro atoms. The van der Waals surface area contributed by atoms with Gasteiger partial charge in [0.05, 0.1) is 10.6 Å². The number of halogens is 1. The number of hydrogen-bond acceptors (Lipinski definition) is 4. The first-order valence-electron chi connectivity index (χ1n) is 4.86. The molecule has 0 aromatic heterocycles. The summed E-state index contributed by atoms with van der Waals surface area (Å²) in [6.45, 7) is 3.17. The quantitative estimate of drug-likeness (QED) is 0.791. The number of carbonyl (C=O) groups excluding carboxylic acids is 1. The molecule has 0 radical (unpaired) electrons. The molecular weight excluding hydrogens is 266 g/mol. The van der Waals surface area contributed by atoms with E-state index in [1.807, 2.05) is 0 Å². The number of ether oxygens (including phenoxy) is 1. The molecule has 0 saturated heterocycles. The summed E-state index contributed by atoms with van der Waals surface area (Å²) in [6, 6.07) is 2.84. The predicted molar refractivity (Wildman–Crippen MR) is 62.9 cm³/mol. The number of rotatable bonds is 1. The van der Waals surface area contributed by atoms with Gasteiger partial charge >= 0.3 is 0 Å². The average molecular weight is 276 g/mol. The Balaban J connectivity index is 2.58. The summed E-state index contributed by atoms with van der Waals surface area (Å²) in [5, 5.41) is 2.63. The van der Waals surface area contributed by atoms with Crippen LogP contribution >= 0.6 is 10.7 Å². The van der Waals surface area contributed by atoms with Crippen molar-refractivity contribution in [1.29, 1.82) is 0 Å². The fourth-order valence-corrected chi connectivity index (χ4v) is 2.80. The third-order valence-electron chi connectivity index (χ3n) is 2.47. The highest BCUT2D eigenvalue weighted by Gasteiger charge is 2.26. The number of aryl methyl sites for hydroxylation is 1. The molecule has 92 valence electrons. The molecule has 1 unspecified atom stereocenters. The van der Waals surface area contributed by atoms with E-state index < -0.39 is 15.2 Å². The van der Waals surface area contributed by atoms with Crippen molar-refractivity contribution in [2.45, 2.75) is 24.8 Å². The molecule has 0 aliphatic carbocycles. The molecule has 5 nitrogen and oxygen atoms in total. The van der Waals surface area contributed by atoms with E-state index in [-0.39, 0.29) is 10.8 Å². The number of fused-ring (bicyclic) bond motifs is 1. The Bertz CT molecular complexity index is 597. The highest BCUT2D eigenvalue weighted by molar-refractivity contribution is 8.13. The minimum atomic E-state index is -3.82. The van der Waals surface area contributed by atoms with E-state index in [2.05, 4.69) is 5.32 Å². The summed E-state index contributed by atoms with van der Waals surface area (Å²) >= 11 is 0. The Morgan fingerprint density at radius 2 is 2.06 bits per heavy atom. The van der Waals surface area contributed by atoms with Crippen LogP contribution in [0.15, 0.2) is 17.0 Å². The summed E-state index contributed by atoms with van der Waals surface area (Å²) < 4.78 is 27.9. The molecule has 0 fully saturated rings. The van der Waals surface area contributed by atoms with Crippen LogP contribution in [0.4, 0.5) is 5.69 Å². The summed E-state index contributed by atoms with van der Waals surface area (Å²) in [5.74, 6) is 0.0419. The lowest BCUT2D eigenvalue weighted by molar-refractivity contribution is -0.122. The molecule has 1 aliphatic heterocycles. The summed E-state index contributed by atoms with van der Waals surface area (Å²) in [5.41, 5.74) is 0.909. The van der Waals surface area contributed by atoms with Gasteiger partial charge in [0.15, 0.2) is 6.10 Å². The second-order valence-electron chi connectivity index (χ2n) is 3.80. The number of nitrogens with one attached hydrogen (secondary N) is 1. The van der Waals surface area contributed by atoms with E-state index in [1.54, 1.807) is 13.8 Å². The molecule has 1 heterocycles. The van der Waals surface area contributed by atoms with Gasteiger partial charge in [-0.2, -0.15) is 0 Å². The summed E-state index contributed by atoms with van der Waals surface area (Å²) in [4.78, 5) is 11.4. The second kappa shape index (κ2) is 3.89. The maximum absolute atomic E-state index is 11.4. The lowest BCUT2D eigenvalue weighted by atomic mass is 10.1. The maximum Gasteiger partial charge on any atom is 0.265 e. The zero-order valence-corrected chi connectivity index (χ0v) is 10.7. The highest BCUT2D eigenvalue weighted by atomic mass is 35.7. The highest BCUT2D eigenvalue weighted by Crippen LogP contribution is 2.35. The van der Waals surface area contributed by atoms with Crippen molar-refractivity contribution in [1.82, 2.24) is 0 Å². The maximum atomic E-state index is 11.4. The summed E-state index contributed by atoms with van der Waals surface area (Å²) in [6.07, 6.45) is -0.656. The number of hydrogen-bond donors (Lipinski definition) is 1. The molecule has 1 aliphatic rings. The topological polar surface area (TPSA) is 72.5 Å². The molecular formula is C10H10ClNO4S. The molecule has 1 N–H and O–H groups in total. The Morgan fingerprint density at radius 3 is 2.65 bits per heavy atom. The SMILES string of the molecule is Cc1cc2c(cc1S(=O)(=O)Cl)OC(C)C(=O)N2. The van der Waals surface area contributed by atoms with Crippen LogP contribution in [0.5, 0.6) is 5.75 Å². The van der Waals surface area contributed by atoms with Crippen molar-refractivity contribution < 1.29 is 17.9 Å². The number of amides is 1.